The number of alkyl carbamates (subject to hydrolysis) is 1. The van der Waals surface area contributed by atoms with Gasteiger partial charge in [-0.2, -0.15) is 20.0 Å². The van der Waals surface area contributed by atoms with Crippen molar-refractivity contribution in [3.8, 4) is 29.4 Å². The molecule has 3 N–H and O–H groups in total. The Morgan fingerprint density at radius 3 is 2.36 bits per heavy atom. The maximum atomic E-state index is 14.5. The summed E-state index contributed by atoms with van der Waals surface area (Å²) in [6.07, 6.45) is 1.22. The summed E-state index contributed by atoms with van der Waals surface area (Å²) in [7, 11) is 4.43. The van der Waals surface area contributed by atoms with Gasteiger partial charge in [-0.1, -0.05) is 35.9 Å². The Labute approximate surface area is 345 Å². The van der Waals surface area contributed by atoms with Crippen LogP contribution in [0.1, 0.15) is 42.7 Å². The summed E-state index contributed by atoms with van der Waals surface area (Å²) in [6, 6.07) is 21.2. The van der Waals surface area contributed by atoms with Crippen LogP contribution in [0.4, 0.5) is 22.2 Å². The van der Waals surface area contributed by atoms with Crippen LogP contribution in [0.5, 0.6) is 17.2 Å². The molecule has 6 rings (SSSR count). The lowest BCUT2D eigenvalue weighted by atomic mass is 9.79. The zero-order valence-corrected chi connectivity index (χ0v) is 33.9. The molecule has 0 radical (unpaired) electrons. The number of hydrogen-bond donors (Lipinski definition) is 3. The van der Waals surface area contributed by atoms with Crippen LogP contribution in [-0.2, 0) is 27.4 Å². The molecule has 3 atom stereocenters. The molecule has 306 valence electrons. The summed E-state index contributed by atoms with van der Waals surface area (Å²) in [6.45, 7) is 5.38. The van der Waals surface area contributed by atoms with Crippen LogP contribution in [0.2, 0.25) is 5.02 Å². The van der Waals surface area contributed by atoms with E-state index in [1.165, 1.54) is 30.0 Å². The second-order valence-electron chi connectivity index (χ2n) is 13.7. The van der Waals surface area contributed by atoms with Crippen molar-refractivity contribution in [2.75, 3.05) is 51.2 Å². The molecule has 1 aliphatic rings. The number of nitrogens with zero attached hydrogens (tertiary/aromatic N) is 7. The number of esters is 1. The highest BCUT2D eigenvalue weighted by Gasteiger charge is 2.49. The van der Waals surface area contributed by atoms with E-state index in [9.17, 15) is 20.1 Å². The van der Waals surface area contributed by atoms with Crippen molar-refractivity contribution in [2.24, 2.45) is 5.92 Å². The number of benzene rings is 3. The number of ether oxygens (including phenoxy) is 5. The standard InChI is InChI=1S/C41H43ClN10O7/c1-6-51(23-25-7-11-29(55-3)12-8-25)37-36-46-21-28(20-44)52(36)50-39(49-37)47-33-17-27(19-43)18-34(35(33)42)59-38(53)41(2,58-24-26-9-13-30(56-4)14-10-26)31-22-45-16-15-32(31)48-40(54)57-5/h7-14,17-18,21,31-32,45H,6,15-16,22-24H2,1-5H3,(H,47,50)(H,48,54). The monoisotopic (exact) mass is 822 g/mol. The summed E-state index contributed by atoms with van der Waals surface area (Å²) in [5.74, 6) is 0.199. The first kappa shape index (κ1) is 42.0. The van der Waals surface area contributed by atoms with E-state index in [4.69, 9.17) is 40.3 Å². The van der Waals surface area contributed by atoms with Crippen LogP contribution in [0.15, 0.2) is 66.9 Å². The molecular weight excluding hydrogens is 780 g/mol. The van der Waals surface area contributed by atoms with Crippen LogP contribution >= 0.6 is 11.6 Å². The molecule has 3 unspecified atom stereocenters. The number of hydrogen-bond acceptors (Lipinski definition) is 15. The number of carbonyl (C=O) groups is 2. The highest BCUT2D eigenvalue weighted by atomic mass is 35.5. The van der Waals surface area contributed by atoms with E-state index in [-0.39, 0.29) is 46.8 Å². The SMILES string of the molecule is CCN(Cc1ccc(OC)cc1)c1nc(Nc2cc(C#N)cc(OC(=O)C(C)(OCc3ccc(OC)cc3)C3CNCCC3NC(=O)OC)c2Cl)nn2c(C#N)cnc12. The molecule has 59 heavy (non-hydrogen) atoms. The van der Waals surface area contributed by atoms with Gasteiger partial charge in [0.2, 0.25) is 5.95 Å². The maximum absolute atomic E-state index is 14.5. The first-order valence-corrected chi connectivity index (χ1v) is 19.0. The lowest BCUT2D eigenvalue weighted by Crippen LogP contribution is -2.61. The Hall–Kier alpha value is -6.66. The van der Waals surface area contributed by atoms with Crippen LogP contribution in [0.25, 0.3) is 5.65 Å². The summed E-state index contributed by atoms with van der Waals surface area (Å²) in [5, 5.41) is 33.7. The number of carbonyl (C=O) groups excluding carboxylic acids is 2. The molecule has 0 bridgehead atoms. The Morgan fingerprint density at radius 1 is 1.03 bits per heavy atom. The average molecular weight is 823 g/mol. The molecule has 0 aliphatic carbocycles. The van der Waals surface area contributed by atoms with E-state index >= 15 is 0 Å². The van der Waals surface area contributed by atoms with Gasteiger partial charge in [0.25, 0.3) is 0 Å². The number of methoxy groups -OCH3 is 3. The van der Waals surface area contributed by atoms with Gasteiger partial charge in [0.05, 0.1) is 51.5 Å². The van der Waals surface area contributed by atoms with E-state index in [0.29, 0.717) is 43.3 Å². The minimum atomic E-state index is -1.68. The normalized spacial score (nSPS) is 15.9. The van der Waals surface area contributed by atoms with Crippen molar-refractivity contribution in [1.29, 1.82) is 10.5 Å². The number of rotatable bonds is 15. The quantitative estimate of drug-likeness (QED) is 0.0877. The van der Waals surface area contributed by atoms with Crippen molar-refractivity contribution in [2.45, 2.75) is 45.1 Å². The van der Waals surface area contributed by atoms with E-state index < -0.39 is 29.6 Å². The maximum Gasteiger partial charge on any atom is 0.407 e. The van der Waals surface area contributed by atoms with Gasteiger partial charge in [0.1, 0.15) is 22.6 Å². The molecule has 3 aromatic carbocycles. The van der Waals surface area contributed by atoms with E-state index in [1.54, 1.807) is 33.3 Å². The molecule has 1 fully saturated rings. The van der Waals surface area contributed by atoms with Crippen LogP contribution in [-0.4, -0.2) is 84.3 Å². The van der Waals surface area contributed by atoms with Crippen LogP contribution in [0, 0.1) is 28.6 Å². The average Bonchev–Trinajstić information content (AvgIpc) is 3.69. The molecule has 1 aliphatic heterocycles. The van der Waals surface area contributed by atoms with Gasteiger partial charge < -0.3 is 44.5 Å². The third-order valence-corrected chi connectivity index (χ3v) is 10.5. The Balaban J connectivity index is 1.34. The Morgan fingerprint density at radius 2 is 1.73 bits per heavy atom. The van der Waals surface area contributed by atoms with E-state index in [0.717, 1.165) is 16.9 Å². The molecule has 1 amide bonds. The molecule has 18 heteroatoms. The number of amides is 1. The highest BCUT2D eigenvalue weighted by Crippen LogP contribution is 2.38. The van der Waals surface area contributed by atoms with Gasteiger partial charge in [-0.25, -0.2) is 14.6 Å². The fourth-order valence-corrected chi connectivity index (χ4v) is 6.93. The zero-order chi connectivity index (χ0) is 42.1. The fourth-order valence-electron chi connectivity index (χ4n) is 6.74. The van der Waals surface area contributed by atoms with Crippen LogP contribution < -0.4 is 35.1 Å². The molecule has 5 aromatic rings. The number of nitriles is 2. The third-order valence-electron chi connectivity index (χ3n) is 10.1. The Bertz CT molecular complexity index is 2380. The largest absolute Gasteiger partial charge is 0.497 e. The van der Waals surface area contributed by atoms with Gasteiger partial charge in [-0.05, 0) is 68.3 Å². The zero-order valence-electron chi connectivity index (χ0n) is 33.1. The summed E-state index contributed by atoms with van der Waals surface area (Å²) >= 11 is 6.97. The third kappa shape index (κ3) is 9.39. The lowest BCUT2D eigenvalue weighted by Gasteiger charge is -2.42. The lowest BCUT2D eigenvalue weighted by molar-refractivity contribution is -0.173. The fraction of sp³-hybridized carbons (Fsp3) is 0.341. The molecule has 17 nitrogen and oxygen atoms in total. The van der Waals surface area contributed by atoms with Gasteiger partial charge in [-0.3, -0.25) is 0 Å². The van der Waals surface area contributed by atoms with E-state index in [2.05, 4.69) is 38.2 Å². The van der Waals surface area contributed by atoms with Crippen molar-refractivity contribution < 1.29 is 33.3 Å². The molecule has 2 aromatic heterocycles. The Kier molecular flexibility index (Phi) is 13.3. The minimum Gasteiger partial charge on any atom is -0.497 e. The number of halogens is 1. The summed E-state index contributed by atoms with van der Waals surface area (Å²) < 4.78 is 29.3. The topological polar surface area (TPSA) is 210 Å². The minimum absolute atomic E-state index is 0.00411. The highest BCUT2D eigenvalue weighted by molar-refractivity contribution is 6.35. The molecule has 0 spiro atoms. The van der Waals surface area contributed by atoms with Crippen molar-refractivity contribution in [1.82, 2.24) is 30.2 Å². The van der Waals surface area contributed by atoms with Crippen molar-refractivity contribution in [3.63, 3.8) is 0 Å². The smallest absolute Gasteiger partial charge is 0.407 e. The molecule has 0 saturated carbocycles. The molecule has 1 saturated heterocycles. The summed E-state index contributed by atoms with van der Waals surface area (Å²) in [5.41, 5.74) is 0.789. The number of imidazole rings is 1. The first-order valence-electron chi connectivity index (χ1n) is 18.6. The number of fused-ring (bicyclic) bond motifs is 1. The second-order valence-corrected chi connectivity index (χ2v) is 14.0. The predicted molar refractivity (Wildman–Crippen MR) is 217 cm³/mol. The number of piperidine rings is 1. The number of anilines is 3. The molecule has 3 heterocycles. The number of nitrogens with one attached hydrogen (secondary N) is 3. The predicted octanol–water partition coefficient (Wildman–Crippen LogP) is 5.52. The summed E-state index contributed by atoms with van der Waals surface area (Å²) in [4.78, 5) is 38.1. The number of aromatic nitrogens is 4. The van der Waals surface area contributed by atoms with Crippen molar-refractivity contribution in [3.05, 3.63) is 94.3 Å². The van der Waals surface area contributed by atoms with Crippen LogP contribution in [0.3, 0.4) is 0 Å². The van der Waals surface area contributed by atoms with Gasteiger partial charge in [0.15, 0.2) is 28.5 Å². The van der Waals surface area contributed by atoms with Crippen molar-refractivity contribution >= 4 is 46.8 Å². The van der Waals surface area contributed by atoms with Gasteiger partial charge >= 0.3 is 12.1 Å². The van der Waals surface area contributed by atoms with Gasteiger partial charge in [0, 0.05) is 37.7 Å². The van der Waals surface area contributed by atoms with Gasteiger partial charge in [-0.15, -0.1) is 5.10 Å². The molecular formula is C41H43ClN10O7. The first-order chi connectivity index (χ1) is 28.5. The second kappa shape index (κ2) is 18.7. The van der Waals surface area contributed by atoms with E-state index in [1.807, 2.05) is 48.2 Å².